The SMILES string of the molecule is CC1CCC(C(C)(C)c2ccncc2F)C(=O)C1. The molecule has 2 atom stereocenters. The summed E-state index contributed by atoms with van der Waals surface area (Å²) in [6.45, 7) is 6.03. The summed E-state index contributed by atoms with van der Waals surface area (Å²) in [5, 5.41) is 0. The summed E-state index contributed by atoms with van der Waals surface area (Å²) in [5.74, 6) is 0.348. The van der Waals surface area contributed by atoms with Crippen molar-refractivity contribution in [3.05, 3.63) is 29.8 Å². The number of carbonyl (C=O) groups excluding carboxylic acids is 1. The second-order valence-electron chi connectivity index (χ2n) is 5.98. The van der Waals surface area contributed by atoms with E-state index in [0.717, 1.165) is 12.8 Å². The van der Waals surface area contributed by atoms with Gasteiger partial charge in [0.05, 0.1) is 6.20 Å². The summed E-state index contributed by atoms with van der Waals surface area (Å²) >= 11 is 0. The van der Waals surface area contributed by atoms with E-state index >= 15 is 0 Å². The number of Topliss-reactive ketones (excluding diaryl/α,β-unsaturated/α-hetero) is 1. The summed E-state index contributed by atoms with van der Waals surface area (Å²) < 4.78 is 13.9. The lowest BCUT2D eigenvalue weighted by atomic mass is 9.65. The first-order valence-electron chi connectivity index (χ1n) is 6.55. The van der Waals surface area contributed by atoms with Gasteiger partial charge >= 0.3 is 0 Å². The van der Waals surface area contributed by atoms with E-state index in [1.165, 1.54) is 6.20 Å². The quantitative estimate of drug-likeness (QED) is 0.803. The van der Waals surface area contributed by atoms with Crippen LogP contribution >= 0.6 is 0 Å². The number of nitrogens with zero attached hydrogens (tertiary/aromatic N) is 1. The number of halogens is 1. The Balaban J connectivity index is 2.31. The van der Waals surface area contributed by atoms with E-state index in [-0.39, 0.29) is 17.5 Å². The highest BCUT2D eigenvalue weighted by molar-refractivity contribution is 5.83. The maximum absolute atomic E-state index is 13.9. The fraction of sp³-hybridized carbons (Fsp3) is 0.600. The molecular formula is C15H20FNO. The number of pyridine rings is 1. The summed E-state index contributed by atoms with van der Waals surface area (Å²) in [6, 6.07) is 1.70. The minimum Gasteiger partial charge on any atom is -0.299 e. The molecule has 3 heteroatoms. The Labute approximate surface area is 108 Å². The van der Waals surface area contributed by atoms with Crippen molar-refractivity contribution in [1.29, 1.82) is 0 Å². The molecule has 0 spiro atoms. The zero-order valence-electron chi connectivity index (χ0n) is 11.2. The summed E-state index contributed by atoms with van der Waals surface area (Å²) in [6.07, 6.45) is 5.35. The molecule has 0 aromatic carbocycles. The van der Waals surface area contributed by atoms with Crippen LogP contribution < -0.4 is 0 Å². The Hall–Kier alpha value is -1.25. The molecule has 1 aliphatic rings. The molecule has 1 heterocycles. The molecule has 1 aliphatic carbocycles. The van der Waals surface area contributed by atoms with Crippen LogP contribution in [-0.2, 0) is 10.2 Å². The summed E-state index contributed by atoms with van der Waals surface area (Å²) in [7, 11) is 0. The third-order valence-corrected chi connectivity index (χ3v) is 4.22. The smallest absolute Gasteiger partial charge is 0.145 e. The van der Waals surface area contributed by atoms with Crippen LogP contribution in [-0.4, -0.2) is 10.8 Å². The summed E-state index contributed by atoms with van der Waals surface area (Å²) in [4.78, 5) is 16.0. The highest BCUT2D eigenvalue weighted by atomic mass is 19.1. The van der Waals surface area contributed by atoms with Gasteiger partial charge < -0.3 is 0 Å². The molecular weight excluding hydrogens is 229 g/mol. The normalized spacial score (nSPS) is 25.2. The zero-order valence-corrected chi connectivity index (χ0v) is 11.2. The Kier molecular flexibility index (Phi) is 3.51. The molecule has 1 saturated carbocycles. The van der Waals surface area contributed by atoms with E-state index in [1.54, 1.807) is 12.3 Å². The Bertz CT molecular complexity index is 456. The predicted molar refractivity (Wildman–Crippen MR) is 68.7 cm³/mol. The second kappa shape index (κ2) is 4.79. The molecule has 0 radical (unpaired) electrons. The molecule has 0 amide bonds. The van der Waals surface area contributed by atoms with Gasteiger partial charge in [0.2, 0.25) is 0 Å². The number of carbonyl (C=O) groups is 1. The topological polar surface area (TPSA) is 30.0 Å². The first-order chi connectivity index (χ1) is 8.43. The Morgan fingerprint density at radius 3 is 2.72 bits per heavy atom. The highest BCUT2D eigenvalue weighted by Crippen LogP contribution is 2.40. The van der Waals surface area contributed by atoms with Crippen LogP contribution in [0.4, 0.5) is 4.39 Å². The lowest BCUT2D eigenvalue weighted by Gasteiger charge is -2.37. The largest absolute Gasteiger partial charge is 0.299 e. The molecule has 0 aliphatic heterocycles. The number of hydrogen-bond acceptors (Lipinski definition) is 2. The van der Waals surface area contributed by atoms with Gasteiger partial charge in [-0.3, -0.25) is 9.78 Å². The number of aromatic nitrogens is 1. The third-order valence-electron chi connectivity index (χ3n) is 4.22. The van der Waals surface area contributed by atoms with Crippen LogP contribution in [0.25, 0.3) is 0 Å². The lowest BCUT2D eigenvalue weighted by molar-refractivity contribution is -0.128. The maximum Gasteiger partial charge on any atom is 0.145 e. The van der Waals surface area contributed by atoms with Gasteiger partial charge in [-0.05, 0) is 30.4 Å². The van der Waals surface area contributed by atoms with Crippen molar-refractivity contribution in [1.82, 2.24) is 4.98 Å². The van der Waals surface area contributed by atoms with Crippen molar-refractivity contribution in [2.24, 2.45) is 11.8 Å². The van der Waals surface area contributed by atoms with E-state index in [9.17, 15) is 9.18 Å². The van der Waals surface area contributed by atoms with E-state index in [2.05, 4.69) is 11.9 Å². The minimum atomic E-state index is -0.454. The van der Waals surface area contributed by atoms with E-state index in [1.807, 2.05) is 13.8 Å². The highest BCUT2D eigenvalue weighted by Gasteiger charge is 2.40. The molecule has 0 N–H and O–H groups in total. The number of hydrogen-bond donors (Lipinski definition) is 0. The van der Waals surface area contributed by atoms with E-state index in [0.29, 0.717) is 17.9 Å². The van der Waals surface area contributed by atoms with Crippen molar-refractivity contribution in [3.63, 3.8) is 0 Å². The van der Waals surface area contributed by atoms with Gasteiger partial charge in [-0.1, -0.05) is 20.8 Å². The van der Waals surface area contributed by atoms with Crippen LogP contribution in [0.3, 0.4) is 0 Å². The van der Waals surface area contributed by atoms with Crippen LogP contribution in [0, 0.1) is 17.7 Å². The molecule has 2 rings (SSSR count). The molecule has 18 heavy (non-hydrogen) atoms. The number of ketones is 1. The first-order valence-corrected chi connectivity index (χ1v) is 6.55. The van der Waals surface area contributed by atoms with Crippen molar-refractivity contribution in [3.8, 4) is 0 Å². The molecule has 1 aromatic rings. The van der Waals surface area contributed by atoms with Gasteiger partial charge in [-0.15, -0.1) is 0 Å². The van der Waals surface area contributed by atoms with Gasteiger partial charge in [0.1, 0.15) is 11.6 Å². The van der Waals surface area contributed by atoms with Crippen molar-refractivity contribution in [2.45, 2.75) is 45.4 Å². The van der Waals surface area contributed by atoms with Crippen molar-refractivity contribution >= 4 is 5.78 Å². The van der Waals surface area contributed by atoms with Crippen molar-refractivity contribution < 1.29 is 9.18 Å². The van der Waals surface area contributed by atoms with Crippen LogP contribution in [0.2, 0.25) is 0 Å². The van der Waals surface area contributed by atoms with Gasteiger partial charge in [0.25, 0.3) is 0 Å². The summed E-state index contributed by atoms with van der Waals surface area (Å²) in [5.41, 5.74) is 0.148. The van der Waals surface area contributed by atoms with Gasteiger partial charge in [-0.25, -0.2) is 4.39 Å². The molecule has 2 nitrogen and oxygen atoms in total. The monoisotopic (exact) mass is 249 g/mol. The lowest BCUT2D eigenvalue weighted by Crippen LogP contribution is -2.39. The van der Waals surface area contributed by atoms with E-state index in [4.69, 9.17) is 0 Å². The maximum atomic E-state index is 13.9. The Morgan fingerprint density at radius 2 is 2.11 bits per heavy atom. The third kappa shape index (κ3) is 2.31. The molecule has 2 unspecified atom stereocenters. The standard InChI is InChI=1S/C15H20FNO/c1-10-4-5-12(14(18)8-10)15(2,3)11-6-7-17-9-13(11)16/h6-7,9-10,12H,4-5,8H2,1-3H3. The zero-order chi connectivity index (χ0) is 13.3. The molecule has 0 saturated heterocycles. The van der Waals surface area contributed by atoms with E-state index < -0.39 is 5.41 Å². The van der Waals surface area contributed by atoms with Gasteiger partial charge in [0.15, 0.2) is 0 Å². The fourth-order valence-electron chi connectivity index (χ4n) is 3.05. The van der Waals surface area contributed by atoms with Crippen LogP contribution in [0.1, 0.15) is 45.6 Å². The first kappa shape index (κ1) is 13.2. The van der Waals surface area contributed by atoms with Crippen LogP contribution in [0.15, 0.2) is 18.5 Å². The fourth-order valence-corrected chi connectivity index (χ4v) is 3.05. The number of rotatable bonds is 2. The average molecular weight is 249 g/mol. The Morgan fingerprint density at radius 1 is 1.39 bits per heavy atom. The molecule has 1 aromatic heterocycles. The van der Waals surface area contributed by atoms with Crippen molar-refractivity contribution in [2.75, 3.05) is 0 Å². The molecule has 0 bridgehead atoms. The second-order valence-corrected chi connectivity index (χ2v) is 5.98. The predicted octanol–water partition coefficient (Wildman–Crippen LogP) is 3.50. The average Bonchev–Trinajstić information content (AvgIpc) is 2.28. The van der Waals surface area contributed by atoms with Crippen LogP contribution in [0.5, 0.6) is 0 Å². The minimum absolute atomic E-state index is 0.0781. The van der Waals surface area contributed by atoms with Gasteiger partial charge in [-0.2, -0.15) is 0 Å². The molecule has 98 valence electrons. The molecule has 1 fully saturated rings. The van der Waals surface area contributed by atoms with Gasteiger partial charge in [0, 0.05) is 24.0 Å².